The first-order valence-corrected chi connectivity index (χ1v) is 8.31. The van der Waals surface area contributed by atoms with Gasteiger partial charge in [0.25, 0.3) is 0 Å². The summed E-state index contributed by atoms with van der Waals surface area (Å²) in [5.41, 5.74) is 1.01. The number of hydrogen-bond donors (Lipinski definition) is 2. The van der Waals surface area contributed by atoms with Crippen LogP contribution in [0.15, 0.2) is 24.3 Å². The molecule has 132 valence electrons. The first-order valence-electron chi connectivity index (χ1n) is 8.31. The molecule has 1 aromatic carbocycles. The molecule has 0 atom stereocenters. The molecular formula is C17H22N6O2. The second-order valence-corrected chi connectivity index (χ2v) is 7.25. The van der Waals surface area contributed by atoms with Crippen molar-refractivity contribution in [1.29, 1.82) is 0 Å². The summed E-state index contributed by atoms with van der Waals surface area (Å²) in [6, 6.07) is 7.31. The van der Waals surface area contributed by atoms with E-state index in [1.54, 1.807) is 0 Å². The van der Waals surface area contributed by atoms with Crippen LogP contribution in [0.1, 0.15) is 33.6 Å². The summed E-state index contributed by atoms with van der Waals surface area (Å²) in [7, 11) is 0. The topological polar surface area (TPSA) is 102 Å². The Morgan fingerprint density at radius 1 is 1.24 bits per heavy atom. The minimum atomic E-state index is -0.319. The zero-order valence-corrected chi connectivity index (χ0v) is 14.6. The highest BCUT2D eigenvalue weighted by molar-refractivity contribution is 5.97. The van der Waals surface area contributed by atoms with E-state index in [-0.39, 0.29) is 29.8 Å². The number of tetrazole rings is 1. The van der Waals surface area contributed by atoms with Gasteiger partial charge in [0, 0.05) is 17.0 Å². The molecule has 1 saturated carbocycles. The largest absolute Gasteiger partial charge is 0.350 e. The van der Waals surface area contributed by atoms with Gasteiger partial charge in [-0.05, 0) is 51.0 Å². The highest BCUT2D eigenvalue weighted by Crippen LogP contribution is 2.32. The van der Waals surface area contributed by atoms with E-state index in [4.69, 9.17) is 0 Å². The molecule has 1 heterocycles. The van der Waals surface area contributed by atoms with Crippen molar-refractivity contribution in [2.24, 2.45) is 5.92 Å². The molecule has 0 radical (unpaired) electrons. The second-order valence-electron chi connectivity index (χ2n) is 7.25. The maximum Gasteiger partial charge on any atom is 0.244 e. The Kier molecular flexibility index (Phi) is 4.52. The van der Waals surface area contributed by atoms with Crippen molar-refractivity contribution in [1.82, 2.24) is 25.5 Å². The molecule has 2 N–H and O–H groups in total. The molecule has 8 nitrogen and oxygen atoms in total. The Morgan fingerprint density at radius 3 is 2.64 bits per heavy atom. The summed E-state index contributed by atoms with van der Waals surface area (Å²) >= 11 is 0. The molecule has 3 rings (SSSR count). The average molecular weight is 342 g/mol. The van der Waals surface area contributed by atoms with E-state index >= 15 is 0 Å². The lowest BCUT2D eigenvalue weighted by molar-refractivity contribution is -0.123. The highest BCUT2D eigenvalue weighted by atomic mass is 16.2. The molecule has 1 aromatic heterocycles. The van der Waals surface area contributed by atoms with E-state index < -0.39 is 0 Å². The van der Waals surface area contributed by atoms with Gasteiger partial charge in [0.1, 0.15) is 6.54 Å². The van der Waals surface area contributed by atoms with Gasteiger partial charge in [-0.1, -0.05) is 12.1 Å². The fourth-order valence-corrected chi connectivity index (χ4v) is 2.37. The summed E-state index contributed by atoms with van der Waals surface area (Å²) in [6.45, 7) is 5.71. The summed E-state index contributed by atoms with van der Waals surface area (Å²) in [6.07, 6.45) is 1.87. The average Bonchev–Trinajstić information content (AvgIpc) is 3.27. The van der Waals surface area contributed by atoms with Gasteiger partial charge < -0.3 is 10.6 Å². The van der Waals surface area contributed by atoms with Crippen LogP contribution < -0.4 is 10.6 Å². The molecule has 0 spiro atoms. The van der Waals surface area contributed by atoms with Crippen molar-refractivity contribution >= 4 is 17.5 Å². The van der Waals surface area contributed by atoms with Crippen molar-refractivity contribution in [2.45, 2.75) is 45.7 Å². The number of carbonyl (C=O) groups excluding carboxylic acids is 2. The summed E-state index contributed by atoms with van der Waals surface area (Å²) in [4.78, 5) is 25.2. The minimum Gasteiger partial charge on any atom is -0.350 e. The van der Waals surface area contributed by atoms with Crippen LogP contribution in [0.3, 0.4) is 0 Å². The molecule has 0 bridgehead atoms. The second kappa shape index (κ2) is 6.62. The zero-order valence-electron chi connectivity index (χ0n) is 14.6. The molecule has 0 unspecified atom stereocenters. The van der Waals surface area contributed by atoms with Gasteiger partial charge in [0.15, 0.2) is 0 Å². The molecule has 1 aliphatic carbocycles. The molecule has 8 heteroatoms. The number of amides is 2. The van der Waals surface area contributed by atoms with Gasteiger partial charge in [0.2, 0.25) is 17.6 Å². The lowest BCUT2D eigenvalue weighted by Gasteiger charge is -2.19. The van der Waals surface area contributed by atoms with Gasteiger partial charge in [0.05, 0.1) is 5.69 Å². The van der Waals surface area contributed by atoms with Crippen LogP contribution in [0.25, 0.3) is 11.4 Å². The van der Waals surface area contributed by atoms with Crippen LogP contribution >= 0.6 is 0 Å². The number of benzene rings is 1. The first kappa shape index (κ1) is 17.1. The molecule has 0 saturated heterocycles. The van der Waals surface area contributed by atoms with Gasteiger partial charge in [-0.25, -0.2) is 0 Å². The number of nitrogens with one attached hydrogen (secondary N) is 2. The Bertz CT molecular complexity index is 788. The smallest absolute Gasteiger partial charge is 0.244 e. The minimum absolute atomic E-state index is 0.0130. The summed E-state index contributed by atoms with van der Waals surface area (Å²) in [5, 5.41) is 18.0. The van der Waals surface area contributed by atoms with Crippen molar-refractivity contribution in [2.75, 3.05) is 5.32 Å². The fourth-order valence-electron chi connectivity index (χ4n) is 2.37. The van der Waals surface area contributed by atoms with Gasteiger partial charge in [-0.2, -0.15) is 4.80 Å². The molecular weight excluding hydrogens is 320 g/mol. The van der Waals surface area contributed by atoms with Crippen LogP contribution in [-0.4, -0.2) is 37.6 Å². The van der Waals surface area contributed by atoms with Crippen LogP contribution in [-0.2, 0) is 16.1 Å². The number of anilines is 1. The molecule has 25 heavy (non-hydrogen) atoms. The van der Waals surface area contributed by atoms with Crippen molar-refractivity contribution in [3.05, 3.63) is 24.3 Å². The fraction of sp³-hybridized carbons (Fsp3) is 0.471. The van der Waals surface area contributed by atoms with Gasteiger partial charge in [-0.3, -0.25) is 9.59 Å². The number of carbonyl (C=O) groups is 2. The molecule has 2 amide bonds. The van der Waals surface area contributed by atoms with E-state index in [1.165, 1.54) is 4.80 Å². The monoisotopic (exact) mass is 342 g/mol. The van der Waals surface area contributed by atoms with Gasteiger partial charge in [-0.15, -0.1) is 10.2 Å². The highest BCUT2D eigenvalue weighted by Gasteiger charge is 2.30. The Morgan fingerprint density at radius 2 is 1.96 bits per heavy atom. The number of nitrogens with zero attached hydrogens (tertiary/aromatic N) is 4. The standard InChI is InChI=1S/C17H22N6O2/c1-17(2,3)19-14(24)10-23-21-15(20-22-23)12-6-4-5-7-13(12)18-16(25)11-8-9-11/h4-7,11H,8-10H2,1-3H3,(H,18,25)(H,19,24). The lowest BCUT2D eigenvalue weighted by Crippen LogP contribution is -2.42. The third kappa shape index (κ3) is 4.62. The van der Waals surface area contributed by atoms with E-state index in [9.17, 15) is 9.59 Å². The van der Waals surface area contributed by atoms with Crippen LogP contribution in [0.2, 0.25) is 0 Å². The number of aromatic nitrogens is 4. The van der Waals surface area contributed by atoms with E-state index in [0.29, 0.717) is 17.1 Å². The predicted octanol–water partition coefficient (Wildman–Crippen LogP) is 1.60. The molecule has 2 aromatic rings. The van der Waals surface area contributed by atoms with Crippen molar-refractivity contribution < 1.29 is 9.59 Å². The third-order valence-electron chi connectivity index (χ3n) is 3.63. The molecule has 1 fully saturated rings. The first-order chi connectivity index (χ1) is 11.8. The van der Waals surface area contributed by atoms with Crippen molar-refractivity contribution in [3.8, 4) is 11.4 Å². The van der Waals surface area contributed by atoms with Crippen molar-refractivity contribution in [3.63, 3.8) is 0 Å². The van der Waals surface area contributed by atoms with Crippen LogP contribution in [0.5, 0.6) is 0 Å². The van der Waals surface area contributed by atoms with E-state index in [2.05, 4.69) is 26.0 Å². The summed E-state index contributed by atoms with van der Waals surface area (Å²) in [5.74, 6) is 0.309. The van der Waals surface area contributed by atoms with E-state index in [1.807, 2.05) is 45.0 Å². The maximum atomic E-state index is 12.0. The Balaban J connectivity index is 1.73. The van der Waals surface area contributed by atoms with Crippen LogP contribution in [0.4, 0.5) is 5.69 Å². The number of hydrogen-bond acceptors (Lipinski definition) is 5. The maximum absolute atomic E-state index is 12.0. The van der Waals surface area contributed by atoms with Gasteiger partial charge >= 0.3 is 0 Å². The molecule has 1 aliphatic rings. The lowest BCUT2D eigenvalue weighted by atomic mass is 10.1. The SMILES string of the molecule is CC(C)(C)NC(=O)Cn1nnc(-c2ccccc2NC(=O)C2CC2)n1. The number of rotatable bonds is 5. The van der Waals surface area contributed by atoms with Crippen LogP contribution in [0, 0.1) is 5.92 Å². The number of para-hydroxylation sites is 1. The predicted molar refractivity (Wildman–Crippen MR) is 92.5 cm³/mol. The Labute approximate surface area is 146 Å². The Hall–Kier alpha value is -2.77. The molecule has 0 aliphatic heterocycles. The zero-order chi connectivity index (χ0) is 18.0. The van der Waals surface area contributed by atoms with E-state index in [0.717, 1.165) is 12.8 Å². The summed E-state index contributed by atoms with van der Waals surface area (Å²) < 4.78 is 0. The third-order valence-corrected chi connectivity index (χ3v) is 3.63. The normalized spacial score (nSPS) is 14.2. The quantitative estimate of drug-likeness (QED) is 0.859.